The minimum absolute atomic E-state index is 0.198. The van der Waals surface area contributed by atoms with Gasteiger partial charge in [-0.3, -0.25) is 0 Å². The van der Waals surface area contributed by atoms with Crippen molar-refractivity contribution in [1.29, 1.82) is 0 Å². The van der Waals surface area contributed by atoms with Crippen LogP contribution >= 0.6 is 0 Å². The normalized spacial score (nSPS) is 13.9. The molecule has 2 rings (SSSR count). The summed E-state index contributed by atoms with van der Waals surface area (Å²) in [6.45, 7) is 4.68. The van der Waals surface area contributed by atoms with Crippen LogP contribution in [0.2, 0.25) is 0 Å². The van der Waals surface area contributed by atoms with Crippen LogP contribution in [0.1, 0.15) is 38.0 Å². The van der Waals surface area contributed by atoms with E-state index in [1.165, 1.54) is 0 Å². The maximum atomic E-state index is 6.05. The Kier molecular flexibility index (Phi) is 5.12. The van der Waals surface area contributed by atoms with E-state index in [1.807, 2.05) is 30.3 Å². The van der Waals surface area contributed by atoms with Crippen LogP contribution in [-0.4, -0.2) is 16.7 Å². The van der Waals surface area contributed by atoms with Crippen LogP contribution in [0.4, 0.5) is 0 Å². The largest absolute Gasteiger partial charge is 0.493 e. The number of ether oxygens (including phenoxy) is 1. The van der Waals surface area contributed by atoms with E-state index in [0.29, 0.717) is 30.7 Å². The number of nitrogens with zero attached hydrogens (tertiary/aromatic N) is 2. The van der Waals surface area contributed by atoms with E-state index >= 15 is 0 Å². The third-order valence-corrected chi connectivity index (χ3v) is 3.36. The van der Waals surface area contributed by atoms with Gasteiger partial charge < -0.3 is 15.0 Å². The van der Waals surface area contributed by atoms with Gasteiger partial charge in [-0.25, -0.2) is 0 Å². The lowest BCUT2D eigenvalue weighted by atomic mass is 10.0. The van der Waals surface area contributed by atoms with Gasteiger partial charge in [-0.2, -0.15) is 4.98 Å². The van der Waals surface area contributed by atoms with Crippen molar-refractivity contribution in [2.75, 3.05) is 6.61 Å². The van der Waals surface area contributed by atoms with Gasteiger partial charge in [0.05, 0.1) is 12.6 Å². The highest BCUT2D eigenvalue weighted by Gasteiger charge is 2.19. The van der Waals surface area contributed by atoms with Crippen molar-refractivity contribution >= 4 is 0 Å². The second-order valence-corrected chi connectivity index (χ2v) is 4.87. The van der Waals surface area contributed by atoms with Gasteiger partial charge in [0.2, 0.25) is 5.89 Å². The molecule has 0 radical (unpaired) electrons. The summed E-state index contributed by atoms with van der Waals surface area (Å²) in [5.74, 6) is 2.31. The van der Waals surface area contributed by atoms with Gasteiger partial charge >= 0.3 is 0 Å². The standard InChI is InChI=1S/C15H21N3O2/c1-3-11(2)14(16)15-17-13(18-20-15)9-10-19-12-7-5-4-6-8-12/h4-8,11,14H,3,9-10,16H2,1-2H3/t11?,14-/m0/s1. The van der Waals surface area contributed by atoms with Gasteiger partial charge in [0.1, 0.15) is 5.75 Å². The summed E-state index contributed by atoms with van der Waals surface area (Å²) in [6.07, 6.45) is 1.58. The fourth-order valence-electron chi connectivity index (χ4n) is 1.78. The Bertz CT molecular complexity index is 513. The number of hydrogen-bond acceptors (Lipinski definition) is 5. The van der Waals surface area contributed by atoms with Gasteiger partial charge in [-0.15, -0.1) is 0 Å². The summed E-state index contributed by atoms with van der Waals surface area (Å²) in [5, 5.41) is 3.94. The molecule has 1 unspecified atom stereocenters. The lowest BCUT2D eigenvalue weighted by Gasteiger charge is -2.12. The summed E-state index contributed by atoms with van der Waals surface area (Å²) in [7, 11) is 0. The van der Waals surface area contributed by atoms with E-state index in [0.717, 1.165) is 12.2 Å². The molecule has 0 aliphatic heterocycles. The number of nitrogens with two attached hydrogens (primary N) is 1. The highest BCUT2D eigenvalue weighted by molar-refractivity contribution is 5.20. The SMILES string of the molecule is CCC(C)[C@H](N)c1nc(CCOc2ccccc2)no1. The molecule has 2 aromatic rings. The zero-order chi connectivity index (χ0) is 14.4. The predicted octanol–water partition coefficient (Wildman–Crippen LogP) is 2.74. The first kappa shape index (κ1) is 14.5. The maximum Gasteiger partial charge on any atom is 0.243 e. The van der Waals surface area contributed by atoms with Crippen molar-refractivity contribution in [1.82, 2.24) is 10.1 Å². The highest BCUT2D eigenvalue weighted by Crippen LogP contribution is 2.20. The van der Waals surface area contributed by atoms with Gasteiger partial charge in [-0.1, -0.05) is 43.6 Å². The first-order valence-electron chi connectivity index (χ1n) is 6.96. The summed E-state index contributed by atoms with van der Waals surface area (Å²) in [5.41, 5.74) is 6.05. The molecule has 1 aromatic carbocycles. The average molecular weight is 275 g/mol. The molecule has 20 heavy (non-hydrogen) atoms. The van der Waals surface area contributed by atoms with Crippen molar-refractivity contribution in [3.05, 3.63) is 42.0 Å². The van der Waals surface area contributed by atoms with Crippen molar-refractivity contribution in [2.24, 2.45) is 11.7 Å². The summed E-state index contributed by atoms with van der Waals surface area (Å²) in [4.78, 5) is 4.33. The average Bonchev–Trinajstić information content (AvgIpc) is 2.95. The molecule has 0 fully saturated rings. The number of rotatable bonds is 7. The topological polar surface area (TPSA) is 74.2 Å². The van der Waals surface area contributed by atoms with E-state index in [4.69, 9.17) is 15.0 Å². The Morgan fingerprint density at radius 3 is 2.75 bits per heavy atom. The van der Waals surface area contributed by atoms with E-state index in [-0.39, 0.29) is 6.04 Å². The quantitative estimate of drug-likeness (QED) is 0.841. The van der Waals surface area contributed by atoms with Crippen LogP contribution in [0.5, 0.6) is 5.75 Å². The zero-order valence-corrected chi connectivity index (χ0v) is 12.0. The summed E-state index contributed by atoms with van der Waals surface area (Å²) >= 11 is 0. The van der Waals surface area contributed by atoms with Gasteiger partial charge in [0.15, 0.2) is 5.82 Å². The smallest absolute Gasteiger partial charge is 0.243 e. The minimum atomic E-state index is -0.198. The zero-order valence-electron chi connectivity index (χ0n) is 12.0. The number of hydrogen-bond donors (Lipinski definition) is 1. The molecule has 0 aliphatic rings. The van der Waals surface area contributed by atoms with Crippen LogP contribution < -0.4 is 10.5 Å². The number of para-hydroxylation sites is 1. The van der Waals surface area contributed by atoms with Crippen molar-refractivity contribution in [3.63, 3.8) is 0 Å². The first-order chi connectivity index (χ1) is 9.70. The molecule has 2 atom stereocenters. The Balaban J connectivity index is 1.84. The lowest BCUT2D eigenvalue weighted by Crippen LogP contribution is -2.19. The Labute approximate surface area is 119 Å². The van der Waals surface area contributed by atoms with Crippen molar-refractivity contribution in [2.45, 2.75) is 32.7 Å². The minimum Gasteiger partial charge on any atom is -0.493 e. The summed E-state index contributed by atoms with van der Waals surface area (Å²) in [6, 6.07) is 9.46. The molecule has 0 spiro atoms. The Morgan fingerprint density at radius 1 is 1.30 bits per heavy atom. The van der Waals surface area contributed by atoms with Gasteiger partial charge in [0.25, 0.3) is 0 Å². The van der Waals surface area contributed by atoms with Crippen LogP contribution in [0.25, 0.3) is 0 Å². The van der Waals surface area contributed by atoms with E-state index in [1.54, 1.807) is 0 Å². The third kappa shape index (κ3) is 3.81. The molecule has 0 bridgehead atoms. The fraction of sp³-hybridized carbons (Fsp3) is 0.467. The molecule has 0 saturated heterocycles. The van der Waals surface area contributed by atoms with Crippen LogP contribution in [0, 0.1) is 5.92 Å². The van der Waals surface area contributed by atoms with Gasteiger partial charge in [0, 0.05) is 6.42 Å². The lowest BCUT2D eigenvalue weighted by molar-refractivity contribution is 0.302. The van der Waals surface area contributed by atoms with E-state index in [9.17, 15) is 0 Å². The second-order valence-electron chi connectivity index (χ2n) is 4.87. The molecule has 0 saturated carbocycles. The maximum absolute atomic E-state index is 6.05. The Morgan fingerprint density at radius 2 is 2.05 bits per heavy atom. The predicted molar refractivity (Wildman–Crippen MR) is 76.3 cm³/mol. The van der Waals surface area contributed by atoms with Crippen LogP contribution in [-0.2, 0) is 6.42 Å². The Hall–Kier alpha value is -1.88. The van der Waals surface area contributed by atoms with Crippen molar-refractivity contribution in [3.8, 4) is 5.75 Å². The molecule has 1 aromatic heterocycles. The number of benzene rings is 1. The van der Waals surface area contributed by atoms with Crippen LogP contribution in [0.15, 0.2) is 34.9 Å². The number of aromatic nitrogens is 2. The van der Waals surface area contributed by atoms with Crippen molar-refractivity contribution < 1.29 is 9.26 Å². The monoisotopic (exact) mass is 275 g/mol. The molecule has 0 amide bonds. The summed E-state index contributed by atoms with van der Waals surface area (Å²) < 4.78 is 10.8. The molecule has 2 N–H and O–H groups in total. The van der Waals surface area contributed by atoms with Gasteiger partial charge in [-0.05, 0) is 18.1 Å². The van der Waals surface area contributed by atoms with E-state index < -0.39 is 0 Å². The second kappa shape index (κ2) is 7.05. The fourth-order valence-corrected chi connectivity index (χ4v) is 1.78. The molecular weight excluding hydrogens is 254 g/mol. The molecule has 0 aliphatic carbocycles. The van der Waals surface area contributed by atoms with E-state index in [2.05, 4.69) is 24.0 Å². The molecule has 108 valence electrons. The third-order valence-electron chi connectivity index (χ3n) is 3.36. The molecule has 5 heteroatoms. The molecule has 5 nitrogen and oxygen atoms in total. The van der Waals surface area contributed by atoms with Crippen LogP contribution in [0.3, 0.4) is 0 Å². The highest BCUT2D eigenvalue weighted by atomic mass is 16.5. The molecular formula is C15H21N3O2. The molecule has 1 heterocycles. The first-order valence-corrected chi connectivity index (χ1v) is 6.96.